The summed E-state index contributed by atoms with van der Waals surface area (Å²) in [5, 5.41) is 0.664. The summed E-state index contributed by atoms with van der Waals surface area (Å²) < 4.78 is 27.5. The van der Waals surface area contributed by atoms with E-state index >= 15 is 0 Å². The Labute approximate surface area is 184 Å². The Bertz CT molecular complexity index is 523. The number of alkyl halides is 1. The lowest BCUT2D eigenvalue weighted by Crippen LogP contribution is -2.53. The maximum atomic E-state index is 12.6. The van der Waals surface area contributed by atoms with Crippen molar-refractivity contribution in [3.8, 4) is 0 Å². The van der Waals surface area contributed by atoms with Gasteiger partial charge >= 0.3 is 11.9 Å². The molecule has 1 aliphatic carbocycles. The Hall–Kier alpha value is -0.483. The molecular formula is C20H37BrO7Si. The van der Waals surface area contributed by atoms with Gasteiger partial charge in [0.25, 0.3) is 0 Å². The first kappa shape index (κ1) is 26.6. The summed E-state index contributed by atoms with van der Waals surface area (Å²) in [5.74, 6) is -2.42. The zero-order chi connectivity index (χ0) is 22.2. The van der Waals surface area contributed by atoms with E-state index in [9.17, 15) is 9.59 Å². The maximum absolute atomic E-state index is 12.6. The first-order valence-corrected chi connectivity index (χ1v) is 14.6. The third kappa shape index (κ3) is 7.31. The molecule has 0 aliphatic heterocycles. The molecule has 9 heteroatoms. The van der Waals surface area contributed by atoms with Crippen molar-refractivity contribution in [3.05, 3.63) is 0 Å². The van der Waals surface area contributed by atoms with E-state index in [0.29, 0.717) is 18.2 Å². The molecule has 0 heterocycles. The Morgan fingerprint density at radius 1 is 1.10 bits per heavy atom. The summed E-state index contributed by atoms with van der Waals surface area (Å²) in [6.45, 7) is 8.68. The largest absolute Gasteiger partial charge is 0.468 e. The van der Waals surface area contributed by atoms with E-state index in [1.807, 2.05) is 0 Å². The van der Waals surface area contributed by atoms with Gasteiger partial charge in [-0.15, -0.1) is 0 Å². The first-order chi connectivity index (χ1) is 13.5. The zero-order valence-electron chi connectivity index (χ0n) is 18.8. The van der Waals surface area contributed by atoms with Crippen LogP contribution in [-0.2, 0) is 33.0 Å². The molecule has 0 saturated heterocycles. The molecular weight excluding hydrogens is 460 g/mol. The van der Waals surface area contributed by atoms with Gasteiger partial charge in [-0.3, -0.25) is 9.59 Å². The SMILES string of the molecule is COCO[C@@H]1CCC[C@@H](C(C(=O)OC)C(=O)OC)[C@@]1(C)C[C@@H](CBr)O[Si](C)(C)C. The Balaban J connectivity index is 3.34. The van der Waals surface area contributed by atoms with Crippen LogP contribution in [0.5, 0.6) is 0 Å². The van der Waals surface area contributed by atoms with Gasteiger partial charge in [-0.25, -0.2) is 0 Å². The second-order valence-electron chi connectivity index (χ2n) is 8.84. The number of rotatable bonds is 11. The summed E-state index contributed by atoms with van der Waals surface area (Å²) in [5.41, 5.74) is -0.498. The lowest BCUT2D eigenvalue weighted by molar-refractivity contribution is -0.182. The van der Waals surface area contributed by atoms with Gasteiger partial charge in [-0.2, -0.15) is 0 Å². The van der Waals surface area contributed by atoms with Crippen molar-refractivity contribution < 1.29 is 33.0 Å². The average Bonchev–Trinajstić information content (AvgIpc) is 2.66. The van der Waals surface area contributed by atoms with E-state index in [4.69, 9.17) is 23.4 Å². The van der Waals surface area contributed by atoms with E-state index in [0.717, 1.165) is 12.8 Å². The van der Waals surface area contributed by atoms with Crippen LogP contribution in [0.15, 0.2) is 0 Å². The van der Waals surface area contributed by atoms with Gasteiger partial charge in [0.05, 0.1) is 26.4 Å². The summed E-state index contributed by atoms with van der Waals surface area (Å²) in [6, 6.07) is 0. The molecule has 0 amide bonds. The molecule has 0 aromatic rings. The summed E-state index contributed by atoms with van der Waals surface area (Å²) >= 11 is 3.58. The number of carbonyl (C=O) groups is 2. The van der Waals surface area contributed by atoms with Gasteiger partial charge in [-0.05, 0) is 44.8 Å². The number of halogens is 1. The monoisotopic (exact) mass is 496 g/mol. The van der Waals surface area contributed by atoms with E-state index < -0.39 is 31.6 Å². The molecule has 0 N–H and O–H groups in total. The van der Waals surface area contributed by atoms with Crippen LogP contribution < -0.4 is 0 Å². The molecule has 1 aliphatic rings. The maximum Gasteiger partial charge on any atom is 0.320 e. The zero-order valence-corrected chi connectivity index (χ0v) is 21.4. The van der Waals surface area contributed by atoms with Crippen LogP contribution in [0.1, 0.15) is 32.6 Å². The molecule has 0 radical (unpaired) electrons. The molecule has 4 atom stereocenters. The molecule has 1 saturated carbocycles. The first-order valence-electron chi connectivity index (χ1n) is 10.0. The minimum atomic E-state index is -1.79. The minimum Gasteiger partial charge on any atom is -0.468 e. The molecule has 7 nitrogen and oxygen atoms in total. The smallest absolute Gasteiger partial charge is 0.320 e. The quantitative estimate of drug-likeness (QED) is 0.141. The van der Waals surface area contributed by atoms with Gasteiger partial charge in [0.1, 0.15) is 6.79 Å². The van der Waals surface area contributed by atoms with Crippen molar-refractivity contribution in [2.24, 2.45) is 17.3 Å². The molecule has 1 fully saturated rings. The molecule has 0 aromatic heterocycles. The number of esters is 2. The lowest BCUT2D eigenvalue weighted by Gasteiger charge is -2.50. The molecule has 0 unspecified atom stereocenters. The predicted octanol–water partition coefficient (Wildman–Crippen LogP) is 3.75. The van der Waals surface area contributed by atoms with Crippen LogP contribution in [0.4, 0.5) is 0 Å². The van der Waals surface area contributed by atoms with Gasteiger partial charge in [-0.1, -0.05) is 29.3 Å². The topological polar surface area (TPSA) is 80.3 Å². The van der Waals surface area contributed by atoms with Gasteiger partial charge in [0.15, 0.2) is 14.2 Å². The van der Waals surface area contributed by atoms with E-state index in [1.165, 1.54) is 14.2 Å². The predicted molar refractivity (Wildman–Crippen MR) is 116 cm³/mol. The van der Waals surface area contributed by atoms with E-state index in [1.54, 1.807) is 7.11 Å². The van der Waals surface area contributed by atoms with E-state index in [-0.39, 0.29) is 24.9 Å². The molecule has 170 valence electrons. The molecule has 0 bridgehead atoms. The van der Waals surface area contributed by atoms with Gasteiger partial charge in [0.2, 0.25) is 0 Å². The lowest BCUT2D eigenvalue weighted by atomic mass is 9.59. The fourth-order valence-electron chi connectivity index (χ4n) is 4.47. The van der Waals surface area contributed by atoms with Crippen LogP contribution in [0.2, 0.25) is 19.6 Å². The highest BCUT2D eigenvalue weighted by atomic mass is 79.9. The highest BCUT2D eigenvalue weighted by molar-refractivity contribution is 9.09. The second kappa shape index (κ2) is 11.8. The van der Waals surface area contributed by atoms with Crippen LogP contribution in [0.3, 0.4) is 0 Å². The average molecular weight is 497 g/mol. The number of ether oxygens (including phenoxy) is 4. The van der Waals surface area contributed by atoms with Gasteiger partial charge < -0.3 is 23.4 Å². The number of hydrogen-bond acceptors (Lipinski definition) is 7. The summed E-state index contributed by atoms with van der Waals surface area (Å²) in [6.07, 6.45) is 2.79. The Kier molecular flexibility index (Phi) is 10.8. The fraction of sp³-hybridized carbons (Fsp3) is 0.900. The normalized spacial score (nSPS) is 26.2. The van der Waals surface area contributed by atoms with Crippen molar-refractivity contribution in [2.75, 3.05) is 33.5 Å². The van der Waals surface area contributed by atoms with Crippen molar-refractivity contribution in [3.63, 3.8) is 0 Å². The van der Waals surface area contributed by atoms with Crippen molar-refractivity contribution in [2.45, 2.75) is 64.5 Å². The number of hydrogen-bond donors (Lipinski definition) is 0. The Morgan fingerprint density at radius 2 is 1.69 bits per heavy atom. The van der Waals surface area contributed by atoms with Crippen molar-refractivity contribution in [1.82, 2.24) is 0 Å². The highest BCUT2D eigenvalue weighted by Crippen LogP contribution is 2.50. The molecule has 29 heavy (non-hydrogen) atoms. The third-order valence-electron chi connectivity index (χ3n) is 5.62. The van der Waals surface area contributed by atoms with Crippen molar-refractivity contribution in [1.29, 1.82) is 0 Å². The highest BCUT2D eigenvalue weighted by Gasteiger charge is 2.53. The summed E-state index contributed by atoms with van der Waals surface area (Å²) in [7, 11) is 2.39. The van der Waals surface area contributed by atoms with Crippen molar-refractivity contribution >= 4 is 36.2 Å². The van der Waals surface area contributed by atoms with Gasteiger partial charge in [0, 0.05) is 17.9 Å². The van der Waals surface area contributed by atoms with Crippen LogP contribution in [-0.4, -0.2) is 65.9 Å². The Morgan fingerprint density at radius 3 is 2.14 bits per heavy atom. The molecule has 1 rings (SSSR count). The minimum absolute atomic E-state index is 0.0585. The number of carbonyl (C=O) groups excluding carboxylic acids is 2. The fourth-order valence-corrected chi connectivity index (χ4v) is 6.24. The summed E-state index contributed by atoms with van der Waals surface area (Å²) in [4.78, 5) is 25.2. The molecule has 0 aromatic carbocycles. The van der Waals surface area contributed by atoms with Crippen LogP contribution in [0, 0.1) is 17.3 Å². The second-order valence-corrected chi connectivity index (χ2v) is 13.9. The number of methoxy groups -OCH3 is 3. The van der Waals surface area contributed by atoms with Crippen LogP contribution >= 0.6 is 15.9 Å². The third-order valence-corrected chi connectivity index (χ3v) is 7.39. The molecule has 0 spiro atoms. The van der Waals surface area contributed by atoms with E-state index in [2.05, 4.69) is 42.5 Å². The van der Waals surface area contributed by atoms with Crippen LogP contribution in [0.25, 0.3) is 0 Å². The standard InChI is InChI=1S/C20H37BrO7Si/c1-20(11-14(12-21)28-29(5,6)7)15(9-8-10-16(20)27-13-24-2)17(18(22)25-3)19(23)26-4/h14-17H,8-13H2,1-7H3/t14-,15-,16+,20+/m0/s1.